The summed E-state index contributed by atoms with van der Waals surface area (Å²) < 4.78 is 4.95. The Morgan fingerprint density at radius 1 is 1.40 bits per heavy atom. The van der Waals surface area contributed by atoms with E-state index in [0.717, 1.165) is 12.8 Å². The van der Waals surface area contributed by atoms with Crippen molar-refractivity contribution in [1.82, 2.24) is 4.90 Å². The summed E-state index contributed by atoms with van der Waals surface area (Å²) in [6.07, 6.45) is 2.26. The lowest BCUT2D eigenvalue weighted by atomic mass is 10.0. The van der Waals surface area contributed by atoms with Crippen LogP contribution >= 0.6 is 11.3 Å². The Bertz CT molecular complexity index is 500. The number of esters is 1. The van der Waals surface area contributed by atoms with Crippen molar-refractivity contribution >= 4 is 29.1 Å². The largest absolute Gasteiger partial charge is 0.452 e. The van der Waals surface area contributed by atoms with Crippen LogP contribution in [0.1, 0.15) is 29.6 Å². The molecule has 6 nitrogen and oxygen atoms in total. The number of nitrogens with zero attached hydrogens (tertiary/aromatic N) is 1. The molecule has 7 heteroatoms. The van der Waals surface area contributed by atoms with Gasteiger partial charge in [-0.2, -0.15) is 11.3 Å². The highest BCUT2D eigenvalue weighted by Gasteiger charge is 2.30. The van der Waals surface area contributed by atoms with E-state index >= 15 is 0 Å². The third kappa shape index (κ3) is 3.36. The van der Waals surface area contributed by atoms with E-state index in [1.807, 2.05) is 0 Å². The minimum atomic E-state index is -0.587. The van der Waals surface area contributed by atoms with Gasteiger partial charge in [-0.05, 0) is 30.7 Å². The minimum absolute atomic E-state index is 0.363. The van der Waals surface area contributed by atoms with Crippen molar-refractivity contribution in [2.75, 3.05) is 13.2 Å². The van der Waals surface area contributed by atoms with Crippen LogP contribution in [0.2, 0.25) is 0 Å². The summed E-state index contributed by atoms with van der Waals surface area (Å²) in [7, 11) is 0. The molecule has 1 fully saturated rings. The molecule has 0 spiro atoms. The lowest BCUT2D eigenvalue weighted by molar-refractivity contribution is -0.143. The van der Waals surface area contributed by atoms with Gasteiger partial charge in [0.05, 0.1) is 5.56 Å². The Morgan fingerprint density at radius 3 is 2.85 bits per heavy atom. The molecule has 1 aromatic heterocycles. The van der Waals surface area contributed by atoms with Crippen LogP contribution in [-0.4, -0.2) is 41.9 Å². The molecule has 1 atom stereocenters. The van der Waals surface area contributed by atoms with Gasteiger partial charge < -0.3 is 15.4 Å². The molecule has 0 radical (unpaired) electrons. The van der Waals surface area contributed by atoms with E-state index < -0.39 is 17.9 Å². The normalized spacial score (nSPS) is 18.6. The van der Waals surface area contributed by atoms with Crippen LogP contribution in [0.3, 0.4) is 0 Å². The van der Waals surface area contributed by atoms with Gasteiger partial charge in [-0.15, -0.1) is 0 Å². The monoisotopic (exact) mass is 296 g/mol. The first kappa shape index (κ1) is 14.5. The molecule has 0 bridgehead atoms. The molecule has 1 aliphatic rings. The van der Waals surface area contributed by atoms with Crippen molar-refractivity contribution in [3.63, 3.8) is 0 Å². The van der Waals surface area contributed by atoms with E-state index in [9.17, 15) is 14.4 Å². The number of hydrogen-bond donors (Lipinski definition) is 1. The maximum Gasteiger partial charge on any atom is 0.339 e. The molecule has 20 heavy (non-hydrogen) atoms. The first-order valence-corrected chi connectivity index (χ1v) is 7.32. The molecule has 0 saturated carbocycles. The van der Waals surface area contributed by atoms with Crippen LogP contribution in [0.4, 0.5) is 0 Å². The maximum absolute atomic E-state index is 12.0. The molecular formula is C13H16N2O4S. The Hall–Kier alpha value is -1.89. The van der Waals surface area contributed by atoms with Crippen LogP contribution < -0.4 is 5.73 Å². The summed E-state index contributed by atoms with van der Waals surface area (Å²) in [5.74, 6) is -1.42. The van der Waals surface area contributed by atoms with Crippen LogP contribution in [0, 0.1) is 0 Å². The van der Waals surface area contributed by atoms with Crippen molar-refractivity contribution in [3.8, 4) is 0 Å². The van der Waals surface area contributed by atoms with E-state index in [0.29, 0.717) is 18.5 Å². The number of ether oxygens (including phenoxy) is 1. The van der Waals surface area contributed by atoms with E-state index in [2.05, 4.69) is 0 Å². The Balaban J connectivity index is 1.90. The molecule has 2 rings (SSSR count). The van der Waals surface area contributed by atoms with Gasteiger partial charge in [-0.1, -0.05) is 0 Å². The second kappa shape index (κ2) is 6.51. The second-order valence-corrected chi connectivity index (χ2v) is 5.37. The SMILES string of the molecule is NC(=O)[C@@H]1CCCCN1C(=O)COC(=O)c1ccsc1. The predicted molar refractivity (Wildman–Crippen MR) is 73.1 cm³/mol. The summed E-state index contributed by atoms with van der Waals surface area (Å²) in [6, 6.07) is 1.04. The average molecular weight is 296 g/mol. The number of nitrogens with two attached hydrogens (primary N) is 1. The average Bonchev–Trinajstić information content (AvgIpc) is 2.98. The van der Waals surface area contributed by atoms with Gasteiger partial charge in [0.2, 0.25) is 5.91 Å². The van der Waals surface area contributed by atoms with E-state index in [1.165, 1.54) is 16.2 Å². The Kier molecular flexibility index (Phi) is 4.73. The lowest BCUT2D eigenvalue weighted by Crippen LogP contribution is -2.51. The zero-order valence-corrected chi connectivity index (χ0v) is 11.7. The molecule has 0 unspecified atom stereocenters. The third-order valence-corrected chi connectivity index (χ3v) is 3.92. The van der Waals surface area contributed by atoms with Crippen molar-refractivity contribution in [2.45, 2.75) is 25.3 Å². The molecule has 1 aliphatic heterocycles. The summed E-state index contributed by atoms with van der Waals surface area (Å²) in [5, 5.41) is 3.41. The molecular weight excluding hydrogens is 280 g/mol. The highest BCUT2D eigenvalue weighted by Crippen LogP contribution is 2.17. The molecule has 1 saturated heterocycles. The standard InChI is InChI=1S/C13H16N2O4S/c14-12(17)10-3-1-2-5-15(10)11(16)7-19-13(18)9-4-6-20-8-9/h4,6,8,10H,1-3,5,7H2,(H2,14,17)/t10-/m0/s1. The van der Waals surface area contributed by atoms with Gasteiger partial charge in [0.15, 0.2) is 6.61 Å². The van der Waals surface area contributed by atoms with E-state index in [-0.39, 0.29) is 12.5 Å². The van der Waals surface area contributed by atoms with Gasteiger partial charge in [0, 0.05) is 11.9 Å². The first-order valence-electron chi connectivity index (χ1n) is 6.37. The number of thiophene rings is 1. The van der Waals surface area contributed by atoms with Crippen molar-refractivity contribution in [1.29, 1.82) is 0 Å². The molecule has 2 N–H and O–H groups in total. The second-order valence-electron chi connectivity index (χ2n) is 4.59. The zero-order chi connectivity index (χ0) is 14.5. The number of carbonyl (C=O) groups is 3. The summed E-state index contributed by atoms with van der Waals surface area (Å²) in [4.78, 5) is 36.4. The van der Waals surface area contributed by atoms with Crippen LogP contribution in [0.15, 0.2) is 16.8 Å². The fourth-order valence-electron chi connectivity index (χ4n) is 2.20. The number of piperidine rings is 1. The summed E-state index contributed by atoms with van der Waals surface area (Å²) >= 11 is 1.38. The number of hydrogen-bond acceptors (Lipinski definition) is 5. The topological polar surface area (TPSA) is 89.7 Å². The number of likely N-dealkylation sites (tertiary alicyclic amines) is 1. The first-order chi connectivity index (χ1) is 9.59. The fourth-order valence-corrected chi connectivity index (χ4v) is 2.83. The molecule has 0 aliphatic carbocycles. The van der Waals surface area contributed by atoms with Gasteiger partial charge in [-0.25, -0.2) is 4.79 Å². The summed E-state index contributed by atoms with van der Waals surface area (Å²) in [5.41, 5.74) is 5.71. The molecule has 0 aromatic carbocycles. The number of primary amides is 1. The minimum Gasteiger partial charge on any atom is -0.452 e. The number of amides is 2. The van der Waals surface area contributed by atoms with Crippen molar-refractivity contribution in [2.24, 2.45) is 5.73 Å². The molecule has 108 valence electrons. The van der Waals surface area contributed by atoms with Gasteiger partial charge in [0.1, 0.15) is 6.04 Å². The smallest absolute Gasteiger partial charge is 0.339 e. The van der Waals surface area contributed by atoms with Crippen LogP contribution in [-0.2, 0) is 14.3 Å². The number of rotatable bonds is 4. The highest BCUT2D eigenvalue weighted by molar-refractivity contribution is 7.08. The van der Waals surface area contributed by atoms with Crippen molar-refractivity contribution in [3.05, 3.63) is 22.4 Å². The molecule has 2 amide bonds. The quantitative estimate of drug-likeness (QED) is 0.831. The van der Waals surface area contributed by atoms with Crippen molar-refractivity contribution < 1.29 is 19.1 Å². The van der Waals surface area contributed by atoms with Crippen LogP contribution in [0.25, 0.3) is 0 Å². The molecule has 2 heterocycles. The maximum atomic E-state index is 12.0. The predicted octanol–water partition coefficient (Wildman–Crippen LogP) is 0.771. The van der Waals surface area contributed by atoms with Crippen LogP contribution in [0.5, 0.6) is 0 Å². The third-order valence-electron chi connectivity index (χ3n) is 3.24. The van der Waals surface area contributed by atoms with Gasteiger partial charge in [-0.3, -0.25) is 9.59 Å². The lowest BCUT2D eigenvalue weighted by Gasteiger charge is -2.33. The number of carbonyl (C=O) groups excluding carboxylic acids is 3. The molecule has 1 aromatic rings. The fraction of sp³-hybridized carbons (Fsp3) is 0.462. The van der Waals surface area contributed by atoms with Gasteiger partial charge in [0.25, 0.3) is 5.91 Å². The van der Waals surface area contributed by atoms with Gasteiger partial charge >= 0.3 is 5.97 Å². The summed E-state index contributed by atoms with van der Waals surface area (Å²) in [6.45, 7) is 0.112. The van der Waals surface area contributed by atoms with E-state index in [4.69, 9.17) is 10.5 Å². The Morgan fingerprint density at radius 2 is 2.20 bits per heavy atom. The highest BCUT2D eigenvalue weighted by atomic mass is 32.1. The van der Waals surface area contributed by atoms with E-state index in [1.54, 1.807) is 16.8 Å². The zero-order valence-electron chi connectivity index (χ0n) is 10.9. The Labute approximate surface area is 120 Å².